The van der Waals surface area contributed by atoms with E-state index in [2.05, 4.69) is 5.32 Å². The summed E-state index contributed by atoms with van der Waals surface area (Å²) in [6.45, 7) is 6.29. The summed E-state index contributed by atoms with van der Waals surface area (Å²) in [5.41, 5.74) is 1.28. The van der Waals surface area contributed by atoms with Gasteiger partial charge in [0.15, 0.2) is 0 Å². The topological polar surface area (TPSA) is 73.2 Å². The predicted octanol–water partition coefficient (Wildman–Crippen LogP) is 2.46. The number of rotatable bonds is 7. The quantitative estimate of drug-likeness (QED) is 0.840. The van der Waals surface area contributed by atoms with Crippen molar-refractivity contribution in [1.82, 2.24) is 5.32 Å². The Labute approximate surface area is 131 Å². The number of carbonyl (C=O) groups is 2. The largest absolute Gasteiger partial charge is 0.354 e. The van der Waals surface area contributed by atoms with E-state index in [9.17, 15) is 9.59 Å². The van der Waals surface area contributed by atoms with Crippen molar-refractivity contribution in [2.45, 2.75) is 33.6 Å². The lowest BCUT2D eigenvalue weighted by atomic mass is 10.0. The lowest BCUT2D eigenvalue weighted by Gasteiger charge is -2.22. The molecule has 22 heavy (non-hydrogen) atoms. The van der Waals surface area contributed by atoms with Gasteiger partial charge in [-0.2, -0.15) is 5.26 Å². The van der Waals surface area contributed by atoms with Crippen LogP contribution < -0.4 is 10.2 Å². The van der Waals surface area contributed by atoms with Crippen molar-refractivity contribution < 1.29 is 9.59 Å². The van der Waals surface area contributed by atoms with Gasteiger partial charge in [0.05, 0.1) is 11.6 Å². The van der Waals surface area contributed by atoms with Crippen molar-refractivity contribution in [2.75, 3.05) is 18.0 Å². The third-order valence-corrected chi connectivity index (χ3v) is 3.68. The van der Waals surface area contributed by atoms with Crippen LogP contribution in [0.4, 0.5) is 5.69 Å². The van der Waals surface area contributed by atoms with Gasteiger partial charge >= 0.3 is 0 Å². The van der Waals surface area contributed by atoms with E-state index in [4.69, 9.17) is 5.26 Å². The van der Waals surface area contributed by atoms with Gasteiger partial charge < -0.3 is 10.2 Å². The average Bonchev–Trinajstić information content (AvgIpc) is 2.52. The Kier molecular flexibility index (Phi) is 7.11. The monoisotopic (exact) mass is 301 g/mol. The van der Waals surface area contributed by atoms with Crippen molar-refractivity contribution in [1.29, 1.82) is 5.26 Å². The Balaban J connectivity index is 2.64. The number of nitrogens with zero attached hydrogens (tertiary/aromatic N) is 2. The molecule has 0 heterocycles. The first kappa shape index (κ1) is 17.7. The van der Waals surface area contributed by atoms with Crippen LogP contribution in [0.15, 0.2) is 24.3 Å². The van der Waals surface area contributed by atoms with Gasteiger partial charge in [-0.25, -0.2) is 0 Å². The number of hydrogen-bond acceptors (Lipinski definition) is 3. The maximum atomic E-state index is 11.9. The molecule has 5 nitrogen and oxygen atoms in total. The standard InChI is InChI=1S/C17H23N3O2/c1-4-15(5-2)17(22)19-10-11-20(13(3)21)16-8-6-14(12-18)7-9-16/h6-9,15H,4-5,10-11H2,1-3H3,(H,19,22). The Bertz CT molecular complexity index is 542. The smallest absolute Gasteiger partial charge is 0.223 e. The molecule has 1 aromatic rings. The van der Waals surface area contributed by atoms with Gasteiger partial charge in [0.1, 0.15) is 0 Å². The van der Waals surface area contributed by atoms with Gasteiger partial charge in [-0.15, -0.1) is 0 Å². The third-order valence-electron chi connectivity index (χ3n) is 3.68. The minimum atomic E-state index is -0.0958. The Morgan fingerprint density at radius 2 is 1.82 bits per heavy atom. The van der Waals surface area contributed by atoms with Crippen LogP contribution in [0.5, 0.6) is 0 Å². The van der Waals surface area contributed by atoms with Gasteiger partial charge in [-0.3, -0.25) is 9.59 Å². The lowest BCUT2D eigenvalue weighted by molar-refractivity contribution is -0.125. The zero-order valence-corrected chi connectivity index (χ0v) is 13.4. The maximum absolute atomic E-state index is 11.9. The molecule has 118 valence electrons. The SMILES string of the molecule is CCC(CC)C(=O)NCCN(C(C)=O)c1ccc(C#N)cc1. The fraction of sp³-hybridized carbons (Fsp3) is 0.471. The van der Waals surface area contributed by atoms with Crippen LogP contribution in [0.3, 0.4) is 0 Å². The summed E-state index contributed by atoms with van der Waals surface area (Å²) in [5.74, 6) is -0.0319. The van der Waals surface area contributed by atoms with Crippen LogP contribution >= 0.6 is 0 Å². The van der Waals surface area contributed by atoms with Crippen molar-refractivity contribution in [3.63, 3.8) is 0 Å². The number of nitriles is 1. The zero-order valence-electron chi connectivity index (χ0n) is 13.4. The molecule has 1 aromatic carbocycles. The predicted molar refractivity (Wildman–Crippen MR) is 86.3 cm³/mol. The summed E-state index contributed by atoms with van der Waals surface area (Å²) in [5, 5.41) is 11.7. The minimum Gasteiger partial charge on any atom is -0.354 e. The lowest BCUT2D eigenvalue weighted by Crippen LogP contribution is -2.39. The highest BCUT2D eigenvalue weighted by atomic mass is 16.2. The molecule has 0 aromatic heterocycles. The Morgan fingerprint density at radius 1 is 1.23 bits per heavy atom. The summed E-state index contributed by atoms with van der Waals surface area (Å²) >= 11 is 0. The number of hydrogen-bond donors (Lipinski definition) is 1. The highest BCUT2D eigenvalue weighted by Crippen LogP contribution is 2.15. The summed E-state index contributed by atoms with van der Waals surface area (Å²) in [6.07, 6.45) is 1.63. The van der Waals surface area contributed by atoms with Crippen LogP contribution in [-0.2, 0) is 9.59 Å². The molecule has 0 spiro atoms. The highest BCUT2D eigenvalue weighted by Gasteiger charge is 2.15. The maximum Gasteiger partial charge on any atom is 0.223 e. The van der Waals surface area contributed by atoms with E-state index < -0.39 is 0 Å². The van der Waals surface area contributed by atoms with E-state index in [0.717, 1.165) is 18.5 Å². The second-order valence-corrected chi connectivity index (χ2v) is 5.13. The molecule has 0 atom stereocenters. The third kappa shape index (κ3) is 4.88. The van der Waals surface area contributed by atoms with Crippen LogP contribution in [0.25, 0.3) is 0 Å². The fourth-order valence-corrected chi connectivity index (χ4v) is 2.28. The summed E-state index contributed by atoms with van der Waals surface area (Å²) in [7, 11) is 0. The molecule has 0 aliphatic heterocycles. The number of nitrogens with one attached hydrogen (secondary N) is 1. The van der Waals surface area contributed by atoms with E-state index in [1.165, 1.54) is 6.92 Å². The first-order valence-electron chi connectivity index (χ1n) is 7.59. The van der Waals surface area contributed by atoms with E-state index in [-0.39, 0.29) is 17.7 Å². The second-order valence-electron chi connectivity index (χ2n) is 5.13. The molecule has 0 saturated carbocycles. The summed E-state index contributed by atoms with van der Waals surface area (Å²) in [6, 6.07) is 8.87. The molecule has 5 heteroatoms. The molecule has 0 unspecified atom stereocenters. The van der Waals surface area contributed by atoms with Gasteiger partial charge in [0.2, 0.25) is 11.8 Å². The van der Waals surface area contributed by atoms with Crippen molar-refractivity contribution >= 4 is 17.5 Å². The molecule has 0 radical (unpaired) electrons. The molecule has 1 N–H and O–H groups in total. The molecular weight excluding hydrogens is 278 g/mol. The van der Waals surface area contributed by atoms with Gasteiger partial charge in [0, 0.05) is 31.6 Å². The second kappa shape index (κ2) is 8.83. The van der Waals surface area contributed by atoms with Crippen LogP contribution in [-0.4, -0.2) is 24.9 Å². The van der Waals surface area contributed by atoms with E-state index in [0.29, 0.717) is 18.7 Å². The van der Waals surface area contributed by atoms with Crippen LogP contribution in [0.2, 0.25) is 0 Å². The number of amides is 2. The molecular formula is C17H23N3O2. The zero-order chi connectivity index (χ0) is 16.5. The number of benzene rings is 1. The van der Waals surface area contributed by atoms with Crippen LogP contribution in [0.1, 0.15) is 39.2 Å². The minimum absolute atomic E-state index is 0.0284. The van der Waals surface area contributed by atoms with Gasteiger partial charge in [0.25, 0.3) is 0 Å². The Morgan fingerprint density at radius 3 is 2.27 bits per heavy atom. The summed E-state index contributed by atoms with van der Waals surface area (Å²) in [4.78, 5) is 25.3. The molecule has 0 aliphatic rings. The molecule has 0 saturated heterocycles. The number of carbonyl (C=O) groups excluding carboxylic acids is 2. The van der Waals surface area contributed by atoms with E-state index in [1.54, 1.807) is 29.2 Å². The molecule has 1 rings (SSSR count). The molecule has 2 amide bonds. The van der Waals surface area contributed by atoms with Gasteiger partial charge in [-0.05, 0) is 37.1 Å². The normalized spacial score (nSPS) is 10.1. The van der Waals surface area contributed by atoms with Gasteiger partial charge in [-0.1, -0.05) is 13.8 Å². The Hall–Kier alpha value is -2.35. The van der Waals surface area contributed by atoms with Crippen molar-refractivity contribution in [3.8, 4) is 6.07 Å². The molecule has 0 fully saturated rings. The van der Waals surface area contributed by atoms with E-state index >= 15 is 0 Å². The molecule has 0 aliphatic carbocycles. The molecule has 0 bridgehead atoms. The van der Waals surface area contributed by atoms with Crippen molar-refractivity contribution in [2.24, 2.45) is 5.92 Å². The summed E-state index contributed by atoms with van der Waals surface area (Å²) < 4.78 is 0. The highest BCUT2D eigenvalue weighted by molar-refractivity contribution is 5.91. The number of anilines is 1. The van der Waals surface area contributed by atoms with Crippen molar-refractivity contribution in [3.05, 3.63) is 29.8 Å². The fourth-order valence-electron chi connectivity index (χ4n) is 2.28. The first-order chi connectivity index (χ1) is 10.5. The van der Waals surface area contributed by atoms with Crippen LogP contribution in [0, 0.1) is 17.2 Å². The first-order valence-corrected chi connectivity index (χ1v) is 7.59. The average molecular weight is 301 g/mol. The van der Waals surface area contributed by atoms with E-state index in [1.807, 2.05) is 19.9 Å².